The summed E-state index contributed by atoms with van der Waals surface area (Å²) in [6.45, 7) is 6.10. The minimum atomic E-state index is 0.621. The van der Waals surface area contributed by atoms with Crippen LogP contribution in [0.5, 0.6) is 5.75 Å². The lowest BCUT2D eigenvalue weighted by atomic mass is 10.1. The Labute approximate surface area is 110 Å². The smallest absolute Gasteiger partial charge is 0.122 e. The van der Waals surface area contributed by atoms with Crippen LogP contribution in [0.1, 0.15) is 45.2 Å². The normalized spacial score (nSPS) is 16.6. The first-order valence-electron chi connectivity index (χ1n) is 7.09. The Balaban J connectivity index is 1.78. The predicted molar refractivity (Wildman–Crippen MR) is 73.7 cm³/mol. The summed E-state index contributed by atoms with van der Waals surface area (Å²) in [5, 5.41) is 3.47. The van der Waals surface area contributed by atoms with Gasteiger partial charge in [-0.1, -0.05) is 20.3 Å². The van der Waals surface area contributed by atoms with Crippen molar-refractivity contribution in [3.8, 4) is 5.75 Å². The SMILES string of the molecule is CCCC(C)COc1ccnc(CNC2CC2)c1. The summed E-state index contributed by atoms with van der Waals surface area (Å²) in [5.41, 5.74) is 1.07. The van der Waals surface area contributed by atoms with Gasteiger partial charge in [0.25, 0.3) is 0 Å². The van der Waals surface area contributed by atoms with Crippen LogP contribution in [0.4, 0.5) is 0 Å². The van der Waals surface area contributed by atoms with E-state index in [0.717, 1.165) is 30.6 Å². The molecule has 0 radical (unpaired) electrons. The van der Waals surface area contributed by atoms with Gasteiger partial charge in [0.05, 0.1) is 12.3 Å². The summed E-state index contributed by atoms with van der Waals surface area (Å²) in [6, 6.07) is 4.72. The third-order valence-electron chi connectivity index (χ3n) is 3.25. The van der Waals surface area contributed by atoms with Crippen molar-refractivity contribution < 1.29 is 4.74 Å². The highest BCUT2D eigenvalue weighted by Crippen LogP contribution is 2.20. The Morgan fingerprint density at radius 2 is 2.33 bits per heavy atom. The Hall–Kier alpha value is -1.09. The number of nitrogens with zero attached hydrogens (tertiary/aromatic N) is 1. The molecule has 0 spiro atoms. The molecule has 1 unspecified atom stereocenters. The van der Waals surface area contributed by atoms with E-state index >= 15 is 0 Å². The van der Waals surface area contributed by atoms with E-state index in [1.807, 2.05) is 18.3 Å². The van der Waals surface area contributed by atoms with Crippen LogP contribution < -0.4 is 10.1 Å². The summed E-state index contributed by atoms with van der Waals surface area (Å²) < 4.78 is 5.82. The van der Waals surface area contributed by atoms with Crippen molar-refractivity contribution in [3.63, 3.8) is 0 Å². The molecule has 1 N–H and O–H groups in total. The van der Waals surface area contributed by atoms with Crippen molar-refractivity contribution >= 4 is 0 Å². The molecule has 3 heteroatoms. The van der Waals surface area contributed by atoms with Crippen LogP contribution in [-0.4, -0.2) is 17.6 Å². The second-order valence-corrected chi connectivity index (χ2v) is 5.34. The van der Waals surface area contributed by atoms with Gasteiger partial charge in [-0.15, -0.1) is 0 Å². The van der Waals surface area contributed by atoms with Crippen LogP contribution in [0.3, 0.4) is 0 Å². The lowest BCUT2D eigenvalue weighted by Crippen LogP contribution is -2.16. The van der Waals surface area contributed by atoms with Crippen LogP contribution in [0.25, 0.3) is 0 Å². The van der Waals surface area contributed by atoms with E-state index in [1.165, 1.54) is 25.7 Å². The molecule has 18 heavy (non-hydrogen) atoms. The molecular weight excluding hydrogens is 224 g/mol. The average Bonchev–Trinajstić information content (AvgIpc) is 3.19. The number of hydrogen-bond acceptors (Lipinski definition) is 3. The Bertz CT molecular complexity index is 363. The standard InChI is InChI=1S/C15H24N2O/c1-3-4-12(2)11-18-15-7-8-16-14(9-15)10-17-13-5-6-13/h7-9,12-13,17H,3-6,10-11H2,1-2H3. The van der Waals surface area contributed by atoms with Gasteiger partial charge in [-0.2, -0.15) is 0 Å². The van der Waals surface area contributed by atoms with Gasteiger partial charge in [0, 0.05) is 24.8 Å². The molecule has 3 nitrogen and oxygen atoms in total. The van der Waals surface area contributed by atoms with E-state index in [0.29, 0.717) is 5.92 Å². The van der Waals surface area contributed by atoms with E-state index in [1.54, 1.807) is 0 Å². The summed E-state index contributed by atoms with van der Waals surface area (Å²) in [7, 11) is 0. The van der Waals surface area contributed by atoms with Crippen LogP contribution >= 0.6 is 0 Å². The summed E-state index contributed by atoms with van der Waals surface area (Å²) in [5.74, 6) is 1.57. The molecule has 1 saturated carbocycles. The molecule has 1 aromatic rings. The first-order chi connectivity index (χ1) is 8.78. The molecule has 1 heterocycles. The van der Waals surface area contributed by atoms with Gasteiger partial charge in [-0.05, 0) is 31.2 Å². The lowest BCUT2D eigenvalue weighted by molar-refractivity contribution is 0.251. The third-order valence-corrected chi connectivity index (χ3v) is 3.25. The van der Waals surface area contributed by atoms with E-state index in [-0.39, 0.29) is 0 Å². The van der Waals surface area contributed by atoms with Gasteiger partial charge in [-0.3, -0.25) is 4.98 Å². The van der Waals surface area contributed by atoms with Gasteiger partial charge < -0.3 is 10.1 Å². The molecule has 0 aromatic carbocycles. The Morgan fingerprint density at radius 3 is 3.06 bits per heavy atom. The molecule has 0 aliphatic heterocycles. The van der Waals surface area contributed by atoms with Gasteiger partial charge in [-0.25, -0.2) is 0 Å². The summed E-state index contributed by atoms with van der Waals surface area (Å²) >= 11 is 0. The average molecular weight is 248 g/mol. The molecule has 1 atom stereocenters. The van der Waals surface area contributed by atoms with Crippen molar-refractivity contribution in [2.45, 2.75) is 52.1 Å². The molecule has 1 fully saturated rings. The number of ether oxygens (including phenoxy) is 1. The third kappa shape index (κ3) is 4.65. The molecule has 0 amide bonds. The van der Waals surface area contributed by atoms with Gasteiger partial charge in [0.2, 0.25) is 0 Å². The van der Waals surface area contributed by atoms with E-state index < -0.39 is 0 Å². The highest BCUT2D eigenvalue weighted by molar-refractivity contribution is 5.22. The maximum absolute atomic E-state index is 5.82. The van der Waals surface area contributed by atoms with E-state index in [9.17, 15) is 0 Å². The first-order valence-corrected chi connectivity index (χ1v) is 7.09. The largest absolute Gasteiger partial charge is 0.493 e. The fourth-order valence-corrected chi connectivity index (χ4v) is 1.99. The van der Waals surface area contributed by atoms with Crippen LogP contribution in [-0.2, 0) is 6.54 Å². The molecule has 1 aliphatic carbocycles. The van der Waals surface area contributed by atoms with Crippen molar-refractivity contribution in [2.24, 2.45) is 5.92 Å². The zero-order valence-corrected chi connectivity index (χ0v) is 11.5. The van der Waals surface area contributed by atoms with Gasteiger partial charge >= 0.3 is 0 Å². The zero-order chi connectivity index (χ0) is 12.8. The molecule has 1 aliphatic rings. The molecule has 1 aromatic heterocycles. The monoisotopic (exact) mass is 248 g/mol. The van der Waals surface area contributed by atoms with E-state index in [2.05, 4.69) is 24.1 Å². The van der Waals surface area contributed by atoms with E-state index in [4.69, 9.17) is 4.74 Å². The van der Waals surface area contributed by atoms with Gasteiger partial charge in [0.15, 0.2) is 0 Å². The van der Waals surface area contributed by atoms with Gasteiger partial charge in [0.1, 0.15) is 5.75 Å². The summed E-state index contributed by atoms with van der Waals surface area (Å²) in [6.07, 6.45) is 6.90. The second kappa shape index (κ2) is 6.74. The van der Waals surface area contributed by atoms with Crippen molar-refractivity contribution in [1.82, 2.24) is 10.3 Å². The maximum atomic E-state index is 5.82. The lowest BCUT2D eigenvalue weighted by Gasteiger charge is -2.12. The molecular formula is C15H24N2O. The topological polar surface area (TPSA) is 34.1 Å². The maximum Gasteiger partial charge on any atom is 0.122 e. The molecule has 0 bridgehead atoms. The molecule has 2 rings (SSSR count). The zero-order valence-electron chi connectivity index (χ0n) is 11.5. The first kappa shape index (κ1) is 13.3. The predicted octanol–water partition coefficient (Wildman–Crippen LogP) is 3.15. The fraction of sp³-hybridized carbons (Fsp3) is 0.667. The minimum absolute atomic E-state index is 0.621. The fourth-order valence-electron chi connectivity index (χ4n) is 1.99. The van der Waals surface area contributed by atoms with Crippen molar-refractivity contribution in [3.05, 3.63) is 24.0 Å². The quantitative estimate of drug-likeness (QED) is 0.767. The number of pyridine rings is 1. The van der Waals surface area contributed by atoms with Crippen LogP contribution in [0.2, 0.25) is 0 Å². The number of aromatic nitrogens is 1. The number of nitrogens with one attached hydrogen (secondary N) is 1. The minimum Gasteiger partial charge on any atom is -0.493 e. The van der Waals surface area contributed by atoms with Crippen molar-refractivity contribution in [2.75, 3.05) is 6.61 Å². The second-order valence-electron chi connectivity index (χ2n) is 5.34. The number of rotatable bonds is 8. The highest BCUT2D eigenvalue weighted by Gasteiger charge is 2.20. The molecule has 100 valence electrons. The van der Waals surface area contributed by atoms with Crippen LogP contribution in [0.15, 0.2) is 18.3 Å². The van der Waals surface area contributed by atoms with Crippen molar-refractivity contribution in [1.29, 1.82) is 0 Å². The highest BCUT2D eigenvalue weighted by atomic mass is 16.5. The molecule has 0 saturated heterocycles. The van der Waals surface area contributed by atoms with Crippen LogP contribution in [0, 0.1) is 5.92 Å². The summed E-state index contributed by atoms with van der Waals surface area (Å²) in [4.78, 5) is 4.36. The number of hydrogen-bond donors (Lipinski definition) is 1. The Morgan fingerprint density at radius 1 is 1.50 bits per heavy atom. The Kier molecular flexibility index (Phi) is 5.00.